The van der Waals surface area contributed by atoms with Gasteiger partial charge in [0.1, 0.15) is 0 Å². The average Bonchev–Trinajstić information content (AvgIpc) is 2.44. The number of rotatable bonds is 5. The lowest BCUT2D eigenvalue weighted by Crippen LogP contribution is -2.52. The molecule has 0 aromatic heterocycles. The van der Waals surface area contributed by atoms with Crippen LogP contribution >= 0.6 is 0 Å². The smallest absolute Gasteiger partial charge is 0.241 e. The Morgan fingerprint density at radius 2 is 2.14 bits per heavy atom. The van der Waals surface area contributed by atoms with Crippen LogP contribution in [0, 0.1) is 11.8 Å². The van der Waals surface area contributed by atoms with Gasteiger partial charge in [-0.05, 0) is 43.9 Å². The predicted molar refractivity (Wildman–Crippen MR) is 82.2 cm³/mol. The fourth-order valence-electron chi connectivity index (χ4n) is 2.44. The zero-order chi connectivity index (χ0) is 15.3. The van der Waals surface area contributed by atoms with Gasteiger partial charge in [0, 0.05) is 17.5 Å². The van der Waals surface area contributed by atoms with Crippen LogP contribution < -0.4 is 4.72 Å². The summed E-state index contributed by atoms with van der Waals surface area (Å²) in [5, 5.41) is 8.71. The van der Waals surface area contributed by atoms with Crippen molar-refractivity contribution in [2.45, 2.75) is 49.5 Å². The van der Waals surface area contributed by atoms with E-state index < -0.39 is 10.0 Å². The number of aliphatic hydroxyl groups is 1. The van der Waals surface area contributed by atoms with Gasteiger partial charge in [0.25, 0.3) is 0 Å². The highest BCUT2D eigenvalue weighted by atomic mass is 32.2. The Bertz CT molecular complexity index is 646. The summed E-state index contributed by atoms with van der Waals surface area (Å²) in [4.78, 5) is 0.248. The van der Waals surface area contributed by atoms with Gasteiger partial charge in [-0.3, -0.25) is 0 Å². The van der Waals surface area contributed by atoms with Gasteiger partial charge in [0.2, 0.25) is 10.0 Å². The van der Waals surface area contributed by atoms with E-state index in [2.05, 4.69) is 16.6 Å². The van der Waals surface area contributed by atoms with E-state index in [1.54, 1.807) is 24.3 Å². The summed E-state index contributed by atoms with van der Waals surface area (Å²) in [6.07, 6.45) is 4.07. The van der Waals surface area contributed by atoms with Crippen LogP contribution in [0.1, 0.15) is 44.6 Å². The molecule has 0 saturated heterocycles. The van der Waals surface area contributed by atoms with Crippen molar-refractivity contribution in [1.82, 2.24) is 4.72 Å². The molecule has 0 aliphatic heterocycles. The van der Waals surface area contributed by atoms with Gasteiger partial charge in [-0.15, -0.1) is 0 Å². The second-order valence-corrected chi connectivity index (χ2v) is 7.08. The summed E-state index contributed by atoms with van der Waals surface area (Å²) in [5.74, 6) is 5.66. The van der Waals surface area contributed by atoms with E-state index in [0.29, 0.717) is 12.0 Å². The normalized spacial score (nSPS) is 16.7. The van der Waals surface area contributed by atoms with Gasteiger partial charge in [0.05, 0.1) is 11.5 Å². The van der Waals surface area contributed by atoms with Gasteiger partial charge in [0.15, 0.2) is 0 Å². The fourth-order valence-corrected chi connectivity index (χ4v) is 4.01. The van der Waals surface area contributed by atoms with Crippen molar-refractivity contribution in [3.05, 3.63) is 29.8 Å². The van der Waals surface area contributed by atoms with E-state index in [1.165, 1.54) is 0 Å². The first-order valence-electron chi connectivity index (χ1n) is 7.25. The molecule has 1 fully saturated rings. The van der Waals surface area contributed by atoms with Crippen LogP contribution in [0.2, 0.25) is 0 Å². The van der Waals surface area contributed by atoms with Crippen molar-refractivity contribution >= 4 is 10.0 Å². The summed E-state index contributed by atoms with van der Waals surface area (Å²) >= 11 is 0. The van der Waals surface area contributed by atoms with Crippen molar-refractivity contribution < 1.29 is 13.5 Å². The second kappa shape index (κ2) is 6.61. The van der Waals surface area contributed by atoms with Crippen molar-refractivity contribution in [2.24, 2.45) is 0 Å². The standard InChI is InChI=1S/C16H21NO3S/c1-2-16(10-6-11-16)17-21(19,20)15-9-5-8-14(13-15)7-3-4-12-18/h5,8-9,13,17-18H,2,4,6,10-12H2,1H3. The van der Waals surface area contributed by atoms with E-state index in [-0.39, 0.29) is 17.0 Å². The first kappa shape index (κ1) is 16.0. The summed E-state index contributed by atoms with van der Waals surface area (Å²) in [5.41, 5.74) is 0.378. The predicted octanol–water partition coefficient (Wildman–Crippen LogP) is 2.03. The Hall–Kier alpha value is -1.35. The van der Waals surface area contributed by atoms with Gasteiger partial charge < -0.3 is 5.11 Å². The average molecular weight is 307 g/mol. The van der Waals surface area contributed by atoms with Crippen molar-refractivity contribution in [1.29, 1.82) is 0 Å². The first-order chi connectivity index (χ1) is 10.0. The summed E-state index contributed by atoms with van der Waals surface area (Å²) in [6.45, 7) is 2.02. The third-order valence-electron chi connectivity index (χ3n) is 3.95. The lowest BCUT2D eigenvalue weighted by Gasteiger charge is -2.41. The second-order valence-electron chi connectivity index (χ2n) is 5.40. The maximum Gasteiger partial charge on any atom is 0.241 e. The minimum atomic E-state index is -3.51. The van der Waals surface area contributed by atoms with Gasteiger partial charge in [-0.1, -0.05) is 24.8 Å². The highest BCUT2D eigenvalue weighted by Crippen LogP contribution is 2.36. The Balaban J connectivity index is 2.20. The maximum absolute atomic E-state index is 12.5. The molecule has 1 saturated carbocycles. The molecular weight excluding hydrogens is 286 g/mol. The molecule has 114 valence electrons. The zero-order valence-electron chi connectivity index (χ0n) is 12.2. The third-order valence-corrected chi connectivity index (χ3v) is 5.53. The minimum Gasteiger partial charge on any atom is -0.395 e. The molecule has 1 aromatic carbocycles. The molecule has 1 aliphatic carbocycles. The summed E-state index contributed by atoms with van der Waals surface area (Å²) in [7, 11) is -3.51. The van der Waals surface area contributed by atoms with Crippen LogP contribution in [0.25, 0.3) is 0 Å². The Morgan fingerprint density at radius 3 is 2.71 bits per heavy atom. The van der Waals surface area contributed by atoms with Crippen molar-refractivity contribution in [2.75, 3.05) is 6.61 Å². The molecule has 0 heterocycles. The van der Waals surface area contributed by atoms with Gasteiger partial charge in [-0.25, -0.2) is 13.1 Å². The van der Waals surface area contributed by atoms with Crippen LogP contribution in [-0.2, 0) is 10.0 Å². The first-order valence-corrected chi connectivity index (χ1v) is 8.73. The maximum atomic E-state index is 12.5. The van der Waals surface area contributed by atoms with Crippen LogP contribution in [0.5, 0.6) is 0 Å². The van der Waals surface area contributed by atoms with E-state index in [1.807, 2.05) is 6.92 Å². The zero-order valence-corrected chi connectivity index (χ0v) is 13.0. The molecule has 0 atom stereocenters. The Kier molecular flexibility index (Phi) is 5.04. The summed E-state index contributed by atoms with van der Waals surface area (Å²) in [6, 6.07) is 6.62. The molecule has 0 amide bonds. The Morgan fingerprint density at radius 1 is 1.38 bits per heavy atom. The topological polar surface area (TPSA) is 66.4 Å². The molecule has 1 aliphatic rings. The lowest BCUT2D eigenvalue weighted by atomic mass is 9.76. The molecule has 5 heteroatoms. The number of benzene rings is 1. The number of aliphatic hydroxyl groups excluding tert-OH is 1. The highest BCUT2D eigenvalue weighted by molar-refractivity contribution is 7.89. The highest BCUT2D eigenvalue weighted by Gasteiger charge is 2.39. The molecule has 0 spiro atoms. The SMILES string of the molecule is CCC1(NS(=O)(=O)c2cccc(C#CCCO)c2)CCC1. The van der Waals surface area contributed by atoms with Crippen LogP contribution in [-0.4, -0.2) is 25.7 Å². The van der Waals surface area contributed by atoms with Gasteiger partial charge in [-0.2, -0.15) is 0 Å². The monoisotopic (exact) mass is 307 g/mol. The van der Waals surface area contributed by atoms with Crippen LogP contribution in [0.3, 0.4) is 0 Å². The third kappa shape index (κ3) is 3.85. The molecule has 0 unspecified atom stereocenters. The Labute approximate surface area is 126 Å². The molecule has 4 nitrogen and oxygen atoms in total. The molecule has 2 N–H and O–H groups in total. The fraction of sp³-hybridized carbons (Fsp3) is 0.500. The van der Waals surface area contributed by atoms with E-state index in [9.17, 15) is 8.42 Å². The van der Waals surface area contributed by atoms with E-state index >= 15 is 0 Å². The molecule has 1 aromatic rings. The lowest BCUT2D eigenvalue weighted by molar-refractivity contribution is 0.214. The van der Waals surface area contributed by atoms with Crippen molar-refractivity contribution in [3.8, 4) is 11.8 Å². The quantitative estimate of drug-likeness (QED) is 0.818. The van der Waals surface area contributed by atoms with Crippen molar-refractivity contribution in [3.63, 3.8) is 0 Å². The van der Waals surface area contributed by atoms with Crippen LogP contribution in [0.4, 0.5) is 0 Å². The van der Waals surface area contributed by atoms with Gasteiger partial charge >= 0.3 is 0 Å². The van der Waals surface area contributed by atoms with Crippen LogP contribution in [0.15, 0.2) is 29.2 Å². The van der Waals surface area contributed by atoms with E-state index in [0.717, 1.165) is 25.7 Å². The molecule has 21 heavy (non-hydrogen) atoms. The number of hydrogen-bond donors (Lipinski definition) is 2. The molecule has 0 radical (unpaired) electrons. The largest absolute Gasteiger partial charge is 0.395 e. The molecule has 0 bridgehead atoms. The molecule has 2 rings (SSSR count). The number of hydrogen-bond acceptors (Lipinski definition) is 3. The summed E-state index contributed by atoms with van der Waals surface area (Å²) < 4.78 is 27.8. The number of sulfonamides is 1. The number of nitrogens with one attached hydrogen (secondary N) is 1. The minimum absolute atomic E-state index is 0.00552. The molecular formula is C16H21NO3S. The van der Waals surface area contributed by atoms with E-state index in [4.69, 9.17) is 5.11 Å².